The summed E-state index contributed by atoms with van der Waals surface area (Å²) in [6.45, 7) is 1.84. The minimum absolute atomic E-state index is 0.102. The molecule has 0 spiro atoms. The van der Waals surface area contributed by atoms with Crippen molar-refractivity contribution in [3.8, 4) is 0 Å². The van der Waals surface area contributed by atoms with Gasteiger partial charge in [0.1, 0.15) is 0 Å². The molecule has 19 heavy (non-hydrogen) atoms. The Bertz CT molecular complexity index is 503. The quantitative estimate of drug-likeness (QED) is 0.923. The zero-order chi connectivity index (χ0) is 13.7. The third-order valence-electron chi connectivity index (χ3n) is 3.81. The van der Waals surface area contributed by atoms with E-state index in [1.165, 1.54) is 19.3 Å². The van der Waals surface area contributed by atoms with Gasteiger partial charge in [-0.1, -0.05) is 50.3 Å². The zero-order valence-electron chi connectivity index (χ0n) is 11.6. The molecule has 1 saturated carbocycles. The highest BCUT2D eigenvalue weighted by Crippen LogP contribution is 2.20. The maximum absolute atomic E-state index is 12.4. The zero-order valence-corrected chi connectivity index (χ0v) is 12.4. The Morgan fingerprint density at radius 1 is 1.00 bits per heavy atom. The van der Waals surface area contributed by atoms with Crippen molar-refractivity contribution >= 4 is 10.0 Å². The SMILES string of the molecule is Cc1ccccc1S(=O)(=O)NC1CCCCCCC1. The van der Waals surface area contributed by atoms with Gasteiger partial charge in [0.05, 0.1) is 4.90 Å². The first kappa shape index (κ1) is 14.5. The molecule has 2 rings (SSSR count). The Hall–Kier alpha value is -0.870. The van der Waals surface area contributed by atoms with Gasteiger partial charge < -0.3 is 0 Å². The smallest absolute Gasteiger partial charge is 0.208 e. The van der Waals surface area contributed by atoms with Crippen molar-refractivity contribution in [1.29, 1.82) is 0 Å². The summed E-state index contributed by atoms with van der Waals surface area (Å²) in [5.74, 6) is 0. The summed E-state index contributed by atoms with van der Waals surface area (Å²) in [6.07, 6.45) is 7.92. The summed E-state index contributed by atoms with van der Waals surface area (Å²) in [6, 6.07) is 7.27. The largest absolute Gasteiger partial charge is 0.241 e. The second-order valence-electron chi connectivity index (χ2n) is 5.43. The summed E-state index contributed by atoms with van der Waals surface area (Å²) in [4.78, 5) is 0.414. The van der Waals surface area contributed by atoms with Crippen LogP contribution in [0.2, 0.25) is 0 Å². The topological polar surface area (TPSA) is 46.2 Å². The van der Waals surface area contributed by atoms with Gasteiger partial charge in [-0.15, -0.1) is 0 Å². The number of sulfonamides is 1. The molecule has 106 valence electrons. The van der Waals surface area contributed by atoms with Gasteiger partial charge in [0.15, 0.2) is 0 Å². The van der Waals surface area contributed by atoms with Crippen molar-refractivity contribution in [2.45, 2.75) is 62.8 Å². The monoisotopic (exact) mass is 281 g/mol. The summed E-state index contributed by atoms with van der Waals surface area (Å²) in [5, 5.41) is 0. The van der Waals surface area contributed by atoms with Crippen LogP contribution in [0.4, 0.5) is 0 Å². The lowest BCUT2D eigenvalue weighted by Gasteiger charge is -2.21. The Morgan fingerprint density at radius 3 is 2.21 bits per heavy atom. The van der Waals surface area contributed by atoms with E-state index in [9.17, 15) is 8.42 Å². The van der Waals surface area contributed by atoms with Crippen LogP contribution in [0.5, 0.6) is 0 Å². The lowest BCUT2D eigenvalue weighted by molar-refractivity contribution is 0.426. The first-order valence-electron chi connectivity index (χ1n) is 7.17. The average Bonchev–Trinajstić information content (AvgIpc) is 2.33. The molecule has 1 aliphatic rings. The van der Waals surface area contributed by atoms with Gasteiger partial charge >= 0.3 is 0 Å². The Labute approximate surface area is 116 Å². The maximum Gasteiger partial charge on any atom is 0.241 e. The first-order valence-corrected chi connectivity index (χ1v) is 8.66. The minimum Gasteiger partial charge on any atom is -0.208 e. The van der Waals surface area contributed by atoms with E-state index in [0.717, 1.165) is 31.2 Å². The van der Waals surface area contributed by atoms with Gasteiger partial charge in [-0.2, -0.15) is 0 Å². The molecule has 1 N–H and O–H groups in total. The van der Waals surface area contributed by atoms with E-state index in [0.29, 0.717) is 4.90 Å². The van der Waals surface area contributed by atoms with E-state index in [-0.39, 0.29) is 6.04 Å². The summed E-state index contributed by atoms with van der Waals surface area (Å²) in [5.41, 5.74) is 0.806. The minimum atomic E-state index is -3.37. The molecular weight excluding hydrogens is 258 g/mol. The summed E-state index contributed by atoms with van der Waals surface area (Å²) in [7, 11) is -3.37. The average molecular weight is 281 g/mol. The number of hydrogen-bond acceptors (Lipinski definition) is 2. The lowest BCUT2D eigenvalue weighted by Crippen LogP contribution is -2.35. The van der Waals surface area contributed by atoms with E-state index in [4.69, 9.17) is 0 Å². The Morgan fingerprint density at radius 2 is 1.58 bits per heavy atom. The number of aryl methyl sites for hydroxylation is 1. The Kier molecular flexibility index (Phi) is 4.99. The number of benzene rings is 1. The predicted octanol–water partition coefficient (Wildman–Crippen LogP) is 3.39. The van der Waals surface area contributed by atoms with Crippen molar-refractivity contribution in [2.75, 3.05) is 0 Å². The predicted molar refractivity (Wildman–Crippen MR) is 77.6 cm³/mol. The van der Waals surface area contributed by atoms with Crippen LogP contribution in [-0.2, 0) is 10.0 Å². The van der Waals surface area contributed by atoms with E-state index < -0.39 is 10.0 Å². The molecule has 1 aliphatic carbocycles. The van der Waals surface area contributed by atoms with Crippen molar-refractivity contribution in [3.63, 3.8) is 0 Å². The Balaban J connectivity index is 2.10. The van der Waals surface area contributed by atoms with E-state index in [1.54, 1.807) is 12.1 Å². The maximum atomic E-state index is 12.4. The van der Waals surface area contributed by atoms with Gasteiger partial charge in [0.2, 0.25) is 10.0 Å². The highest BCUT2D eigenvalue weighted by molar-refractivity contribution is 7.89. The normalized spacial score (nSPS) is 18.8. The third kappa shape index (κ3) is 4.05. The first-order chi connectivity index (χ1) is 9.09. The molecule has 1 fully saturated rings. The standard InChI is InChI=1S/C15H23NO2S/c1-13-9-7-8-12-15(13)19(17,18)16-14-10-5-3-2-4-6-11-14/h7-9,12,14,16H,2-6,10-11H2,1H3. The number of hydrogen-bond donors (Lipinski definition) is 1. The number of rotatable bonds is 3. The van der Waals surface area contributed by atoms with Crippen molar-refractivity contribution < 1.29 is 8.42 Å². The molecule has 0 aliphatic heterocycles. The lowest BCUT2D eigenvalue weighted by atomic mass is 9.97. The van der Waals surface area contributed by atoms with Crippen molar-refractivity contribution in [1.82, 2.24) is 4.72 Å². The second kappa shape index (κ2) is 6.53. The molecular formula is C15H23NO2S. The molecule has 0 amide bonds. The molecule has 0 radical (unpaired) electrons. The fourth-order valence-corrected chi connectivity index (χ4v) is 4.27. The summed E-state index contributed by atoms with van der Waals surface area (Å²) >= 11 is 0. The van der Waals surface area contributed by atoms with E-state index in [2.05, 4.69) is 4.72 Å². The number of nitrogens with one attached hydrogen (secondary N) is 1. The molecule has 0 atom stereocenters. The molecule has 0 heterocycles. The molecule has 1 aromatic rings. The fraction of sp³-hybridized carbons (Fsp3) is 0.600. The van der Waals surface area contributed by atoms with Crippen LogP contribution in [-0.4, -0.2) is 14.5 Å². The summed E-state index contributed by atoms with van der Waals surface area (Å²) < 4.78 is 27.7. The van der Waals surface area contributed by atoms with Crippen LogP contribution in [0.1, 0.15) is 50.5 Å². The van der Waals surface area contributed by atoms with E-state index >= 15 is 0 Å². The van der Waals surface area contributed by atoms with Gasteiger partial charge in [0, 0.05) is 6.04 Å². The molecule has 0 bridgehead atoms. The molecule has 1 aromatic carbocycles. The van der Waals surface area contributed by atoms with Crippen molar-refractivity contribution in [3.05, 3.63) is 29.8 Å². The molecule has 0 saturated heterocycles. The van der Waals surface area contributed by atoms with Gasteiger partial charge in [-0.05, 0) is 31.4 Å². The van der Waals surface area contributed by atoms with Crippen LogP contribution in [0.3, 0.4) is 0 Å². The van der Waals surface area contributed by atoms with Crippen LogP contribution in [0, 0.1) is 6.92 Å². The van der Waals surface area contributed by atoms with Crippen LogP contribution in [0.25, 0.3) is 0 Å². The van der Waals surface area contributed by atoms with E-state index in [1.807, 2.05) is 19.1 Å². The molecule has 0 unspecified atom stereocenters. The molecule has 0 aromatic heterocycles. The van der Waals surface area contributed by atoms with Gasteiger partial charge in [-0.25, -0.2) is 13.1 Å². The fourth-order valence-electron chi connectivity index (χ4n) is 2.71. The van der Waals surface area contributed by atoms with Gasteiger partial charge in [-0.3, -0.25) is 0 Å². The second-order valence-corrected chi connectivity index (χ2v) is 7.11. The highest BCUT2D eigenvalue weighted by Gasteiger charge is 2.21. The third-order valence-corrected chi connectivity index (χ3v) is 5.49. The molecule has 3 nitrogen and oxygen atoms in total. The van der Waals surface area contributed by atoms with Crippen LogP contribution >= 0.6 is 0 Å². The van der Waals surface area contributed by atoms with Crippen LogP contribution in [0.15, 0.2) is 29.2 Å². The molecule has 4 heteroatoms. The van der Waals surface area contributed by atoms with Crippen LogP contribution < -0.4 is 4.72 Å². The van der Waals surface area contributed by atoms with Crippen molar-refractivity contribution in [2.24, 2.45) is 0 Å². The highest BCUT2D eigenvalue weighted by atomic mass is 32.2. The van der Waals surface area contributed by atoms with Gasteiger partial charge in [0.25, 0.3) is 0 Å².